The number of carbonyl (C=O) groups excluding carboxylic acids is 1. The number of halogens is 1. The van der Waals surface area contributed by atoms with Gasteiger partial charge in [-0.3, -0.25) is 4.79 Å². The monoisotopic (exact) mass is 358 g/mol. The average molecular weight is 359 g/mol. The van der Waals surface area contributed by atoms with Gasteiger partial charge >= 0.3 is 0 Å². The predicted molar refractivity (Wildman–Crippen MR) is 90.9 cm³/mol. The first-order chi connectivity index (χ1) is 11.1. The third kappa shape index (κ3) is 4.68. The summed E-state index contributed by atoms with van der Waals surface area (Å²) in [7, 11) is 0. The molecule has 3 N–H and O–H groups in total. The third-order valence-corrected chi connectivity index (χ3v) is 5.04. The van der Waals surface area contributed by atoms with Crippen molar-refractivity contribution in [2.24, 2.45) is 11.7 Å². The standard InChI is InChI=1S/C16H26N4O3.ClH/c1-10-18-16(23-20-10)12-2-4-13(5-3-12)19-15(21)14(17)11-6-8-22-9-7-11;/h11-14H,2-9,17H2,1H3,(H,19,21);1H. The van der Waals surface area contributed by atoms with Crippen molar-refractivity contribution >= 4 is 18.3 Å². The SMILES string of the molecule is Cc1noc(C2CCC(NC(=O)C(N)C3CCOCC3)CC2)n1.Cl. The highest BCUT2D eigenvalue weighted by Crippen LogP contribution is 2.32. The number of carbonyl (C=O) groups is 1. The van der Waals surface area contributed by atoms with E-state index in [1.165, 1.54) is 0 Å². The fraction of sp³-hybridized carbons (Fsp3) is 0.812. The smallest absolute Gasteiger partial charge is 0.237 e. The van der Waals surface area contributed by atoms with Crippen molar-refractivity contribution in [1.29, 1.82) is 0 Å². The lowest BCUT2D eigenvalue weighted by Gasteiger charge is -2.31. The topological polar surface area (TPSA) is 103 Å². The maximum Gasteiger partial charge on any atom is 0.237 e. The Kier molecular flexibility index (Phi) is 7.01. The molecule has 3 rings (SSSR count). The van der Waals surface area contributed by atoms with Gasteiger partial charge in [-0.05, 0) is 51.4 Å². The van der Waals surface area contributed by atoms with Gasteiger partial charge in [0.25, 0.3) is 0 Å². The molecule has 0 bridgehead atoms. The van der Waals surface area contributed by atoms with E-state index >= 15 is 0 Å². The summed E-state index contributed by atoms with van der Waals surface area (Å²) >= 11 is 0. The normalized spacial score (nSPS) is 26.4. The number of nitrogens with two attached hydrogens (primary N) is 1. The van der Waals surface area contributed by atoms with Crippen LogP contribution in [-0.4, -0.2) is 41.3 Å². The van der Waals surface area contributed by atoms with Gasteiger partial charge in [0.05, 0.1) is 6.04 Å². The van der Waals surface area contributed by atoms with E-state index in [0.717, 1.165) is 44.4 Å². The second-order valence-corrected chi connectivity index (χ2v) is 6.71. The van der Waals surface area contributed by atoms with Crippen LogP contribution in [0.25, 0.3) is 0 Å². The van der Waals surface area contributed by atoms with Gasteiger partial charge in [0.1, 0.15) is 0 Å². The van der Waals surface area contributed by atoms with Gasteiger partial charge in [0.15, 0.2) is 5.82 Å². The van der Waals surface area contributed by atoms with Crippen LogP contribution in [0.1, 0.15) is 56.2 Å². The molecule has 24 heavy (non-hydrogen) atoms. The van der Waals surface area contributed by atoms with Crippen molar-refractivity contribution in [3.8, 4) is 0 Å². The minimum Gasteiger partial charge on any atom is -0.381 e. The molecule has 0 aromatic carbocycles. The molecule has 0 radical (unpaired) electrons. The number of amides is 1. The highest BCUT2D eigenvalue weighted by molar-refractivity contribution is 5.85. The quantitative estimate of drug-likeness (QED) is 0.849. The van der Waals surface area contributed by atoms with E-state index in [1.54, 1.807) is 0 Å². The van der Waals surface area contributed by atoms with Crippen molar-refractivity contribution in [2.75, 3.05) is 13.2 Å². The molecule has 7 nitrogen and oxygen atoms in total. The van der Waals surface area contributed by atoms with Crippen LogP contribution in [0.5, 0.6) is 0 Å². The molecule has 1 unspecified atom stereocenters. The van der Waals surface area contributed by atoms with Gasteiger partial charge < -0.3 is 20.3 Å². The van der Waals surface area contributed by atoms with Crippen LogP contribution in [0.3, 0.4) is 0 Å². The highest BCUT2D eigenvalue weighted by atomic mass is 35.5. The Morgan fingerprint density at radius 2 is 1.88 bits per heavy atom. The molecule has 2 aliphatic rings. The number of aromatic nitrogens is 2. The molecule has 1 aliphatic carbocycles. The van der Waals surface area contributed by atoms with Crippen LogP contribution >= 0.6 is 12.4 Å². The molecule has 1 aliphatic heterocycles. The summed E-state index contributed by atoms with van der Waals surface area (Å²) in [6, 6.07) is -0.219. The van der Waals surface area contributed by atoms with Crippen molar-refractivity contribution in [1.82, 2.24) is 15.5 Å². The predicted octanol–water partition coefficient (Wildman–Crippen LogP) is 1.70. The zero-order chi connectivity index (χ0) is 16.2. The van der Waals surface area contributed by atoms with Crippen molar-refractivity contribution < 1.29 is 14.1 Å². The molecule has 1 aromatic rings. The van der Waals surface area contributed by atoms with Crippen LogP contribution in [-0.2, 0) is 9.53 Å². The maximum atomic E-state index is 12.3. The number of rotatable bonds is 4. The van der Waals surface area contributed by atoms with E-state index in [0.29, 0.717) is 25.0 Å². The van der Waals surface area contributed by atoms with Crippen molar-refractivity contribution in [3.63, 3.8) is 0 Å². The van der Waals surface area contributed by atoms with Crippen LogP contribution in [0, 0.1) is 12.8 Å². The Morgan fingerprint density at radius 3 is 2.46 bits per heavy atom. The number of nitrogens with one attached hydrogen (secondary N) is 1. The van der Waals surface area contributed by atoms with Gasteiger partial charge in [-0.1, -0.05) is 5.16 Å². The number of ether oxygens (including phenoxy) is 1. The Balaban J connectivity index is 0.00000208. The third-order valence-electron chi connectivity index (χ3n) is 5.04. The van der Waals surface area contributed by atoms with Crippen LogP contribution in [0.2, 0.25) is 0 Å². The second kappa shape index (κ2) is 8.78. The number of aryl methyl sites for hydroxylation is 1. The summed E-state index contributed by atoms with van der Waals surface area (Å²) in [6.07, 6.45) is 5.52. The first kappa shape index (κ1) is 19.1. The zero-order valence-electron chi connectivity index (χ0n) is 14.1. The largest absolute Gasteiger partial charge is 0.381 e. The minimum absolute atomic E-state index is 0. The fourth-order valence-corrected chi connectivity index (χ4v) is 3.55. The van der Waals surface area contributed by atoms with Crippen molar-refractivity contribution in [3.05, 3.63) is 11.7 Å². The van der Waals surface area contributed by atoms with Gasteiger partial charge in [-0.25, -0.2) is 0 Å². The number of nitrogens with zero attached hydrogens (tertiary/aromatic N) is 2. The van der Waals surface area contributed by atoms with Gasteiger partial charge in [-0.2, -0.15) is 4.98 Å². The van der Waals surface area contributed by atoms with Crippen LogP contribution < -0.4 is 11.1 Å². The minimum atomic E-state index is -0.421. The molecule has 1 amide bonds. The Bertz CT molecular complexity index is 525. The molecule has 1 saturated heterocycles. The van der Waals surface area contributed by atoms with Gasteiger partial charge in [0, 0.05) is 25.2 Å². The first-order valence-electron chi connectivity index (χ1n) is 8.57. The van der Waals surface area contributed by atoms with E-state index in [-0.39, 0.29) is 30.3 Å². The molecule has 2 heterocycles. The Hall–Kier alpha value is -1.18. The molecule has 1 aromatic heterocycles. The molecular formula is C16H27ClN4O3. The Morgan fingerprint density at radius 1 is 1.21 bits per heavy atom. The van der Waals surface area contributed by atoms with Crippen LogP contribution in [0.4, 0.5) is 0 Å². The van der Waals surface area contributed by atoms with E-state index in [1.807, 2.05) is 6.92 Å². The lowest BCUT2D eigenvalue weighted by atomic mass is 9.85. The summed E-state index contributed by atoms with van der Waals surface area (Å²) in [6.45, 7) is 3.25. The van der Waals surface area contributed by atoms with E-state index in [9.17, 15) is 4.79 Å². The molecule has 0 spiro atoms. The summed E-state index contributed by atoms with van der Waals surface area (Å²) in [5.74, 6) is 1.94. The zero-order valence-corrected chi connectivity index (χ0v) is 14.9. The fourth-order valence-electron chi connectivity index (χ4n) is 3.55. The summed E-state index contributed by atoms with van der Waals surface area (Å²) in [5.41, 5.74) is 6.13. The maximum absolute atomic E-state index is 12.3. The molecule has 2 fully saturated rings. The Labute approximate surface area is 148 Å². The molecule has 8 heteroatoms. The first-order valence-corrected chi connectivity index (χ1v) is 8.57. The summed E-state index contributed by atoms with van der Waals surface area (Å²) in [4.78, 5) is 16.7. The summed E-state index contributed by atoms with van der Waals surface area (Å²) < 4.78 is 10.6. The van der Waals surface area contributed by atoms with Crippen LogP contribution in [0.15, 0.2) is 4.52 Å². The summed E-state index contributed by atoms with van der Waals surface area (Å²) in [5, 5.41) is 6.97. The van der Waals surface area contributed by atoms with Crippen molar-refractivity contribution in [2.45, 2.75) is 63.5 Å². The van der Waals surface area contributed by atoms with Gasteiger partial charge in [-0.15, -0.1) is 12.4 Å². The second-order valence-electron chi connectivity index (χ2n) is 6.71. The van der Waals surface area contributed by atoms with E-state index < -0.39 is 6.04 Å². The number of hydrogen-bond donors (Lipinski definition) is 2. The van der Waals surface area contributed by atoms with E-state index in [2.05, 4.69) is 15.5 Å². The molecule has 1 saturated carbocycles. The highest BCUT2D eigenvalue weighted by Gasteiger charge is 2.30. The number of hydrogen-bond acceptors (Lipinski definition) is 6. The lowest BCUT2D eigenvalue weighted by molar-refractivity contribution is -0.125. The average Bonchev–Trinajstić information content (AvgIpc) is 3.02. The molecular weight excluding hydrogens is 332 g/mol. The molecule has 136 valence electrons. The lowest BCUT2D eigenvalue weighted by Crippen LogP contribution is -2.50. The molecule has 1 atom stereocenters. The van der Waals surface area contributed by atoms with E-state index in [4.69, 9.17) is 15.0 Å². The van der Waals surface area contributed by atoms with Gasteiger partial charge in [0.2, 0.25) is 11.8 Å².